The fraction of sp³-hybridized carbons (Fsp3) is 0.667. The Bertz CT molecular complexity index is 336. The Morgan fingerprint density at radius 2 is 2.31 bits per heavy atom. The summed E-state index contributed by atoms with van der Waals surface area (Å²) in [6, 6.07) is 2.96. The molecule has 1 aliphatic rings. The highest BCUT2D eigenvalue weighted by atomic mass is 79.9. The van der Waals surface area contributed by atoms with Crippen LogP contribution in [0.5, 0.6) is 0 Å². The third-order valence-electron chi connectivity index (χ3n) is 2.61. The van der Waals surface area contributed by atoms with Gasteiger partial charge in [0.25, 0.3) is 0 Å². The number of ether oxygens (including phenoxy) is 1. The maximum absolute atomic E-state index is 5.60. The van der Waals surface area contributed by atoms with Crippen LogP contribution in [0.25, 0.3) is 0 Å². The van der Waals surface area contributed by atoms with Gasteiger partial charge >= 0.3 is 0 Å². The van der Waals surface area contributed by atoms with Gasteiger partial charge in [0.2, 0.25) is 0 Å². The van der Waals surface area contributed by atoms with E-state index in [-0.39, 0.29) is 0 Å². The summed E-state index contributed by atoms with van der Waals surface area (Å²) in [5, 5.41) is 3.44. The molecule has 0 aliphatic heterocycles. The van der Waals surface area contributed by atoms with Crippen LogP contribution < -0.4 is 5.32 Å². The summed E-state index contributed by atoms with van der Waals surface area (Å²) in [6.07, 6.45) is 3.71. The number of rotatable bonds is 7. The molecular formula is C12H18BrNOS. The first-order chi connectivity index (χ1) is 7.75. The first-order valence-electron chi connectivity index (χ1n) is 5.81. The summed E-state index contributed by atoms with van der Waals surface area (Å²) >= 11 is 5.42. The van der Waals surface area contributed by atoms with E-state index in [0.29, 0.717) is 0 Å². The summed E-state index contributed by atoms with van der Waals surface area (Å²) in [5.74, 6) is 0. The summed E-state index contributed by atoms with van der Waals surface area (Å²) in [4.78, 5) is 2.75. The van der Waals surface area contributed by atoms with Crippen LogP contribution in [0.2, 0.25) is 0 Å². The van der Waals surface area contributed by atoms with Gasteiger partial charge in [0.15, 0.2) is 0 Å². The fourth-order valence-corrected chi connectivity index (χ4v) is 3.43. The third-order valence-corrected chi connectivity index (χ3v) is 4.69. The Labute approximate surface area is 110 Å². The SMILES string of the molecule is Cc1cc(Br)c(CCOCCNC2CC2)s1. The number of hydrogen-bond acceptors (Lipinski definition) is 3. The second-order valence-corrected chi connectivity index (χ2v) is 6.41. The van der Waals surface area contributed by atoms with Crippen molar-refractivity contribution in [3.63, 3.8) is 0 Å². The smallest absolute Gasteiger partial charge is 0.0591 e. The maximum atomic E-state index is 5.60. The summed E-state index contributed by atoms with van der Waals surface area (Å²) in [7, 11) is 0. The fourth-order valence-electron chi connectivity index (χ4n) is 1.59. The number of aryl methyl sites for hydroxylation is 1. The molecular weight excluding hydrogens is 286 g/mol. The topological polar surface area (TPSA) is 21.3 Å². The molecule has 0 atom stereocenters. The van der Waals surface area contributed by atoms with Gasteiger partial charge in [0, 0.05) is 33.2 Å². The molecule has 0 saturated heterocycles. The van der Waals surface area contributed by atoms with E-state index in [4.69, 9.17) is 4.74 Å². The molecule has 1 aromatic heterocycles. The van der Waals surface area contributed by atoms with E-state index in [2.05, 4.69) is 34.2 Å². The Balaban J connectivity index is 1.54. The first kappa shape index (κ1) is 12.6. The summed E-state index contributed by atoms with van der Waals surface area (Å²) in [6.45, 7) is 4.79. The minimum atomic E-state index is 0.790. The lowest BCUT2D eigenvalue weighted by Gasteiger charge is -2.04. The predicted octanol–water partition coefficient (Wildman–Crippen LogP) is 3.13. The summed E-state index contributed by atoms with van der Waals surface area (Å²) < 4.78 is 6.83. The molecule has 0 amide bonds. The van der Waals surface area contributed by atoms with E-state index in [9.17, 15) is 0 Å². The van der Waals surface area contributed by atoms with Gasteiger partial charge in [-0.15, -0.1) is 11.3 Å². The Kier molecular flexibility index (Phi) is 4.82. The molecule has 16 heavy (non-hydrogen) atoms. The van der Waals surface area contributed by atoms with Crippen molar-refractivity contribution < 1.29 is 4.74 Å². The van der Waals surface area contributed by atoms with Crippen LogP contribution in [-0.4, -0.2) is 25.8 Å². The van der Waals surface area contributed by atoms with Crippen molar-refractivity contribution in [3.05, 3.63) is 20.3 Å². The normalized spacial score (nSPS) is 15.6. The Hall–Kier alpha value is 0.1000. The molecule has 2 nitrogen and oxygen atoms in total. The van der Waals surface area contributed by atoms with Crippen molar-refractivity contribution in [1.82, 2.24) is 5.32 Å². The largest absolute Gasteiger partial charge is 0.380 e. The van der Waals surface area contributed by atoms with E-state index >= 15 is 0 Å². The zero-order chi connectivity index (χ0) is 11.4. The van der Waals surface area contributed by atoms with Crippen LogP contribution in [0.3, 0.4) is 0 Å². The van der Waals surface area contributed by atoms with E-state index in [1.807, 2.05) is 11.3 Å². The minimum absolute atomic E-state index is 0.790. The molecule has 0 unspecified atom stereocenters. The lowest BCUT2D eigenvalue weighted by Crippen LogP contribution is -2.22. The van der Waals surface area contributed by atoms with Crippen LogP contribution in [0.15, 0.2) is 10.5 Å². The average Bonchev–Trinajstić information content (AvgIpc) is 2.99. The quantitative estimate of drug-likeness (QED) is 0.782. The molecule has 90 valence electrons. The number of thiophene rings is 1. The molecule has 1 fully saturated rings. The van der Waals surface area contributed by atoms with Crippen LogP contribution in [0.4, 0.5) is 0 Å². The lowest BCUT2D eigenvalue weighted by atomic mass is 10.3. The summed E-state index contributed by atoms with van der Waals surface area (Å²) in [5.41, 5.74) is 0. The van der Waals surface area contributed by atoms with Crippen LogP contribution in [0.1, 0.15) is 22.6 Å². The number of halogens is 1. The molecule has 0 bridgehead atoms. The van der Waals surface area contributed by atoms with Gasteiger partial charge in [-0.1, -0.05) is 0 Å². The maximum Gasteiger partial charge on any atom is 0.0591 e. The van der Waals surface area contributed by atoms with Crippen molar-refractivity contribution in [3.8, 4) is 0 Å². The molecule has 0 spiro atoms. The van der Waals surface area contributed by atoms with E-state index in [1.165, 1.54) is 27.1 Å². The molecule has 2 rings (SSSR count). The second-order valence-electron chi connectivity index (χ2n) is 4.22. The lowest BCUT2D eigenvalue weighted by molar-refractivity contribution is 0.139. The van der Waals surface area contributed by atoms with Crippen molar-refractivity contribution in [2.24, 2.45) is 0 Å². The molecule has 1 aliphatic carbocycles. The monoisotopic (exact) mass is 303 g/mol. The number of nitrogens with one attached hydrogen (secondary N) is 1. The van der Waals surface area contributed by atoms with E-state index < -0.39 is 0 Å². The molecule has 1 N–H and O–H groups in total. The number of hydrogen-bond donors (Lipinski definition) is 1. The highest BCUT2D eigenvalue weighted by Gasteiger charge is 2.19. The van der Waals surface area contributed by atoms with Crippen molar-refractivity contribution in [2.75, 3.05) is 19.8 Å². The van der Waals surface area contributed by atoms with Gasteiger partial charge in [-0.05, 0) is 41.8 Å². The highest BCUT2D eigenvalue weighted by Crippen LogP contribution is 2.27. The third kappa shape index (κ3) is 4.17. The molecule has 0 aromatic carbocycles. The minimum Gasteiger partial charge on any atom is -0.380 e. The molecule has 1 saturated carbocycles. The van der Waals surface area contributed by atoms with Crippen molar-refractivity contribution in [2.45, 2.75) is 32.2 Å². The van der Waals surface area contributed by atoms with Crippen LogP contribution in [-0.2, 0) is 11.2 Å². The molecule has 4 heteroatoms. The van der Waals surface area contributed by atoms with Gasteiger partial charge in [-0.2, -0.15) is 0 Å². The van der Waals surface area contributed by atoms with Gasteiger partial charge < -0.3 is 10.1 Å². The Morgan fingerprint density at radius 1 is 1.50 bits per heavy atom. The van der Waals surface area contributed by atoms with Crippen LogP contribution >= 0.6 is 27.3 Å². The highest BCUT2D eigenvalue weighted by molar-refractivity contribution is 9.10. The van der Waals surface area contributed by atoms with Crippen LogP contribution in [0, 0.1) is 6.92 Å². The standard InChI is InChI=1S/C12H18BrNOS/c1-9-8-11(13)12(16-9)4-6-15-7-5-14-10-2-3-10/h8,10,14H,2-7H2,1H3. The van der Waals surface area contributed by atoms with Gasteiger partial charge in [-0.3, -0.25) is 0 Å². The second kappa shape index (κ2) is 6.15. The van der Waals surface area contributed by atoms with Gasteiger partial charge in [0.05, 0.1) is 13.2 Å². The van der Waals surface area contributed by atoms with E-state index in [0.717, 1.165) is 32.2 Å². The molecule has 0 radical (unpaired) electrons. The predicted molar refractivity (Wildman–Crippen MR) is 72.3 cm³/mol. The first-order valence-corrected chi connectivity index (χ1v) is 7.42. The van der Waals surface area contributed by atoms with Crippen molar-refractivity contribution in [1.29, 1.82) is 0 Å². The van der Waals surface area contributed by atoms with Crippen molar-refractivity contribution >= 4 is 27.3 Å². The van der Waals surface area contributed by atoms with Gasteiger partial charge in [0.1, 0.15) is 0 Å². The molecule has 1 heterocycles. The Morgan fingerprint density at radius 3 is 2.94 bits per heavy atom. The average molecular weight is 304 g/mol. The molecule has 1 aromatic rings. The zero-order valence-electron chi connectivity index (χ0n) is 9.59. The van der Waals surface area contributed by atoms with E-state index in [1.54, 1.807) is 0 Å². The van der Waals surface area contributed by atoms with Gasteiger partial charge in [-0.25, -0.2) is 0 Å². The zero-order valence-corrected chi connectivity index (χ0v) is 12.0.